The fourth-order valence-electron chi connectivity index (χ4n) is 2.53. The minimum absolute atomic E-state index is 0.668. The highest BCUT2D eigenvalue weighted by Gasteiger charge is 2.22. The van der Waals surface area contributed by atoms with Crippen LogP contribution in [-0.4, -0.2) is 19.6 Å². The Labute approximate surface area is 98.2 Å². The summed E-state index contributed by atoms with van der Waals surface area (Å²) in [6.45, 7) is 5.43. The summed E-state index contributed by atoms with van der Waals surface area (Å²) in [5.41, 5.74) is 8.37. The molecule has 0 aliphatic carbocycles. The number of nitrogens with two attached hydrogens (primary N) is 1. The van der Waals surface area contributed by atoms with Crippen molar-refractivity contribution in [3.8, 4) is 0 Å². The molecule has 2 nitrogen and oxygen atoms in total. The van der Waals surface area contributed by atoms with Crippen LogP contribution < -0.4 is 11.1 Å². The molecule has 2 atom stereocenters. The Morgan fingerprint density at radius 3 is 2.69 bits per heavy atom. The lowest BCUT2D eigenvalue weighted by atomic mass is 9.86. The normalized spacial score (nSPS) is 22.2. The van der Waals surface area contributed by atoms with Crippen molar-refractivity contribution in [2.45, 2.75) is 25.7 Å². The summed E-state index contributed by atoms with van der Waals surface area (Å²) in [5.74, 6) is 1.47. The van der Waals surface area contributed by atoms with Gasteiger partial charge in [0.05, 0.1) is 0 Å². The van der Waals surface area contributed by atoms with Crippen molar-refractivity contribution in [1.29, 1.82) is 0 Å². The fourth-order valence-corrected chi connectivity index (χ4v) is 2.53. The molecule has 1 aromatic carbocycles. The Hall–Kier alpha value is -0.860. The predicted octanol–water partition coefficient (Wildman–Crippen LogP) is 1.90. The molecule has 0 saturated carbocycles. The minimum Gasteiger partial charge on any atom is -0.330 e. The number of hydrogen-bond acceptors (Lipinski definition) is 2. The molecule has 0 amide bonds. The molecule has 0 spiro atoms. The highest BCUT2D eigenvalue weighted by Crippen LogP contribution is 2.28. The van der Waals surface area contributed by atoms with Gasteiger partial charge in [-0.15, -0.1) is 0 Å². The third-order valence-corrected chi connectivity index (χ3v) is 3.74. The second kappa shape index (κ2) is 5.46. The van der Waals surface area contributed by atoms with Crippen molar-refractivity contribution < 1.29 is 0 Å². The molecule has 1 aliphatic heterocycles. The van der Waals surface area contributed by atoms with Gasteiger partial charge in [0, 0.05) is 0 Å². The molecule has 1 fully saturated rings. The molecule has 88 valence electrons. The van der Waals surface area contributed by atoms with Gasteiger partial charge in [-0.05, 0) is 55.4 Å². The van der Waals surface area contributed by atoms with E-state index in [1.807, 2.05) is 0 Å². The van der Waals surface area contributed by atoms with Crippen LogP contribution in [0.5, 0.6) is 0 Å². The van der Waals surface area contributed by atoms with Crippen LogP contribution in [0.25, 0.3) is 0 Å². The van der Waals surface area contributed by atoms with Gasteiger partial charge in [-0.3, -0.25) is 0 Å². The van der Waals surface area contributed by atoms with E-state index < -0.39 is 0 Å². The predicted molar refractivity (Wildman–Crippen MR) is 68.6 cm³/mol. The van der Waals surface area contributed by atoms with Crippen molar-refractivity contribution in [3.05, 3.63) is 35.4 Å². The first-order valence-corrected chi connectivity index (χ1v) is 6.31. The third-order valence-electron chi connectivity index (χ3n) is 3.74. The van der Waals surface area contributed by atoms with Gasteiger partial charge in [0.2, 0.25) is 0 Å². The number of nitrogens with one attached hydrogen (secondary N) is 1. The van der Waals surface area contributed by atoms with E-state index in [1.54, 1.807) is 0 Å². The molecule has 2 heteroatoms. The van der Waals surface area contributed by atoms with Gasteiger partial charge in [-0.2, -0.15) is 0 Å². The molecule has 1 saturated heterocycles. The topological polar surface area (TPSA) is 38.0 Å². The van der Waals surface area contributed by atoms with Crippen LogP contribution in [-0.2, 0) is 6.42 Å². The number of benzene rings is 1. The van der Waals surface area contributed by atoms with E-state index in [4.69, 9.17) is 5.73 Å². The Bertz CT molecular complexity index is 312. The summed E-state index contributed by atoms with van der Waals surface area (Å²) in [6.07, 6.45) is 2.30. The lowest BCUT2D eigenvalue weighted by Crippen LogP contribution is -2.14. The van der Waals surface area contributed by atoms with Crippen LogP contribution in [0.2, 0.25) is 0 Å². The molecular weight excluding hydrogens is 196 g/mol. The second-order valence-corrected chi connectivity index (χ2v) is 4.82. The van der Waals surface area contributed by atoms with Crippen molar-refractivity contribution in [1.82, 2.24) is 5.32 Å². The smallest absolute Gasteiger partial charge is 0.00143 e. The maximum atomic E-state index is 5.55. The highest BCUT2D eigenvalue weighted by molar-refractivity contribution is 5.26. The van der Waals surface area contributed by atoms with Crippen molar-refractivity contribution in [2.24, 2.45) is 11.7 Å². The molecule has 3 N–H and O–H groups in total. The standard InChI is InChI=1S/C14H22N2/c1-11(14-7-9-16-10-14)13-4-2-12(3-5-13)6-8-15/h2-5,11,14,16H,6-10,15H2,1H3. The average Bonchev–Trinajstić information content (AvgIpc) is 2.83. The molecule has 0 aromatic heterocycles. The molecule has 0 radical (unpaired) electrons. The van der Waals surface area contributed by atoms with Gasteiger partial charge >= 0.3 is 0 Å². The minimum atomic E-state index is 0.668. The van der Waals surface area contributed by atoms with E-state index >= 15 is 0 Å². The fraction of sp³-hybridized carbons (Fsp3) is 0.571. The lowest BCUT2D eigenvalue weighted by molar-refractivity contribution is 0.487. The van der Waals surface area contributed by atoms with Crippen LogP contribution in [0, 0.1) is 5.92 Å². The molecule has 0 bridgehead atoms. The second-order valence-electron chi connectivity index (χ2n) is 4.82. The largest absolute Gasteiger partial charge is 0.330 e. The Morgan fingerprint density at radius 2 is 2.12 bits per heavy atom. The number of hydrogen-bond donors (Lipinski definition) is 2. The zero-order valence-electron chi connectivity index (χ0n) is 10.1. The van der Waals surface area contributed by atoms with Crippen molar-refractivity contribution in [2.75, 3.05) is 19.6 Å². The summed E-state index contributed by atoms with van der Waals surface area (Å²) in [4.78, 5) is 0. The van der Waals surface area contributed by atoms with Gasteiger partial charge in [0.1, 0.15) is 0 Å². The maximum absolute atomic E-state index is 5.55. The zero-order chi connectivity index (χ0) is 11.4. The van der Waals surface area contributed by atoms with Gasteiger partial charge < -0.3 is 11.1 Å². The van der Waals surface area contributed by atoms with Crippen LogP contribution >= 0.6 is 0 Å². The summed E-state index contributed by atoms with van der Waals surface area (Å²) < 4.78 is 0. The Morgan fingerprint density at radius 1 is 1.38 bits per heavy atom. The van der Waals surface area contributed by atoms with Gasteiger partial charge in [-0.1, -0.05) is 31.2 Å². The van der Waals surface area contributed by atoms with Crippen LogP contribution in [0.4, 0.5) is 0 Å². The van der Waals surface area contributed by atoms with Gasteiger partial charge in [-0.25, -0.2) is 0 Å². The van der Waals surface area contributed by atoms with E-state index in [-0.39, 0.29) is 0 Å². The van der Waals surface area contributed by atoms with E-state index in [1.165, 1.54) is 30.6 Å². The van der Waals surface area contributed by atoms with E-state index in [9.17, 15) is 0 Å². The van der Waals surface area contributed by atoms with Crippen LogP contribution in [0.15, 0.2) is 24.3 Å². The first-order valence-electron chi connectivity index (χ1n) is 6.31. The van der Waals surface area contributed by atoms with E-state index in [0.717, 1.165) is 18.9 Å². The van der Waals surface area contributed by atoms with Crippen molar-refractivity contribution in [3.63, 3.8) is 0 Å². The molecule has 16 heavy (non-hydrogen) atoms. The maximum Gasteiger partial charge on any atom is -0.00143 e. The van der Waals surface area contributed by atoms with Crippen LogP contribution in [0.3, 0.4) is 0 Å². The zero-order valence-corrected chi connectivity index (χ0v) is 10.1. The first-order chi connectivity index (χ1) is 7.81. The summed E-state index contributed by atoms with van der Waals surface area (Å²) in [7, 11) is 0. The molecular formula is C14H22N2. The third kappa shape index (κ3) is 2.63. The van der Waals surface area contributed by atoms with Gasteiger partial charge in [0.25, 0.3) is 0 Å². The number of rotatable bonds is 4. The average molecular weight is 218 g/mol. The van der Waals surface area contributed by atoms with Crippen molar-refractivity contribution >= 4 is 0 Å². The summed E-state index contributed by atoms with van der Waals surface area (Å²) >= 11 is 0. The molecule has 2 rings (SSSR count). The Kier molecular flexibility index (Phi) is 3.97. The molecule has 2 unspecified atom stereocenters. The van der Waals surface area contributed by atoms with Gasteiger partial charge in [0.15, 0.2) is 0 Å². The summed E-state index contributed by atoms with van der Waals surface area (Å²) in [6, 6.07) is 8.99. The lowest BCUT2D eigenvalue weighted by Gasteiger charge is -2.18. The Balaban J connectivity index is 2.02. The first kappa shape index (κ1) is 11.6. The highest BCUT2D eigenvalue weighted by atomic mass is 14.9. The molecule has 1 aliphatic rings. The van der Waals surface area contributed by atoms with Crippen LogP contribution in [0.1, 0.15) is 30.4 Å². The van der Waals surface area contributed by atoms with E-state index in [0.29, 0.717) is 5.92 Å². The monoisotopic (exact) mass is 218 g/mol. The summed E-state index contributed by atoms with van der Waals surface area (Å²) in [5, 5.41) is 3.44. The SMILES string of the molecule is CC(c1ccc(CCN)cc1)C1CCNC1. The molecule has 1 heterocycles. The van der Waals surface area contributed by atoms with E-state index in [2.05, 4.69) is 36.5 Å². The quantitative estimate of drug-likeness (QED) is 0.810. The molecule has 1 aromatic rings.